The topological polar surface area (TPSA) is 102 Å². The van der Waals surface area contributed by atoms with Gasteiger partial charge < -0.3 is 10.4 Å². The molecule has 0 saturated heterocycles. The fourth-order valence-electron chi connectivity index (χ4n) is 2.46. The van der Waals surface area contributed by atoms with E-state index in [1.165, 1.54) is 12.3 Å². The summed E-state index contributed by atoms with van der Waals surface area (Å²) in [6, 6.07) is 8.23. The third-order valence-electron chi connectivity index (χ3n) is 3.85. The van der Waals surface area contributed by atoms with Gasteiger partial charge in [-0.3, -0.25) is 9.48 Å². The molecule has 3 rings (SSSR count). The number of hydrogen-bond donors (Lipinski definition) is 2. The molecule has 10 heteroatoms. The Balaban J connectivity index is 1.72. The van der Waals surface area contributed by atoms with Gasteiger partial charge in [0.15, 0.2) is 5.82 Å². The van der Waals surface area contributed by atoms with Crippen LogP contribution in [0.2, 0.25) is 5.02 Å². The van der Waals surface area contributed by atoms with Crippen LogP contribution in [0.3, 0.4) is 0 Å². The molecule has 1 aromatic carbocycles. The molecule has 1 unspecified atom stereocenters. The van der Waals surface area contributed by atoms with E-state index < -0.39 is 17.9 Å². The van der Waals surface area contributed by atoms with Gasteiger partial charge in [-0.2, -0.15) is 10.2 Å². The van der Waals surface area contributed by atoms with Crippen molar-refractivity contribution < 1.29 is 14.7 Å². The van der Waals surface area contributed by atoms with Crippen molar-refractivity contribution in [1.82, 2.24) is 19.6 Å². The van der Waals surface area contributed by atoms with Crippen LogP contribution in [0, 0.1) is 0 Å². The summed E-state index contributed by atoms with van der Waals surface area (Å²) in [7, 11) is 0. The Morgan fingerprint density at radius 2 is 2.00 bits per heavy atom. The number of carboxylic acids is 1. The number of carbonyl (C=O) groups excluding carboxylic acids is 1. The summed E-state index contributed by atoms with van der Waals surface area (Å²) in [5, 5.41) is 20.2. The van der Waals surface area contributed by atoms with E-state index >= 15 is 0 Å². The molecule has 1 atom stereocenters. The van der Waals surface area contributed by atoms with Crippen LogP contribution < -0.4 is 5.32 Å². The van der Waals surface area contributed by atoms with Crippen molar-refractivity contribution in [3.05, 3.63) is 63.5 Å². The van der Waals surface area contributed by atoms with Crippen LogP contribution >= 0.6 is 27.5 Å². The van der Waals surface area contributed by atoms with E-state index in [4.69, 9.17) is 16.7 Å². The van der Waals surface area contributed by atoms with Gasteiger partial charge in [0, 0.05) is 16.9 Å². The summed E-state index contributed by atoms with van der Waals surface area (Å²) in [6.07, 6.45) is 2.94. The maximum Gasteiger partial charge on any atom is 0.354 e. The molecule has 0 saturated carbocycles. The second kappa shape index (κ2) is 7.93. The van der Waals surface area contributed by atoms with Crippen molar-refractivity contribution in [2.24, 2.45) is 0 Å². The molecule has 2 N–H and O–H groups in total. The average molecular weight is 453 g/mol. The zero-order valence-electron chi connectivity index (χ0n) is 14.1. The Bertz CT molecular complexity index is 983. The summed E-state index contributed by atoms with van der Waals surface area (Å²) in [5.41, 5.74) is 0.941. The van der Waals surface area contributed by atoms with E-state index in [1.54, 1.807) is 17.8 Å². The van der Waals surface area contributed by atoms with E-state index in [0.29, 0.717) is 6.54 Å². The summed E-state index contributed by atoms with van der Waals surface area (Å²) in [6.45, 7) is 2.03. The van der Waals surface area contributed by atoms with Gasteiger partial charge in [0.25, 0.3) is 0 Å². The summed E-state index contributed by atoms with van der Waals surface area (Å²) in [4.78, 5) is 23.7. The highest BCUT2D eigenvalue weighted by atomic mass is 79.9. The maximum absolute atomic E-state index is 12.5. The zero-order chi connectivity index (χ0) is 19.6. The Labute approximate surface area is 167 Å². The Morgan fingerprint density at radius 1 is 1.30 bits per heavy atom. The lowest BCUT2D eigenvalue weighted by atomic mass is 10.2. The minimum atomic E-state index is -1.16. The maximum atomic E-state index is 12.5. The van der Waals surface area contributed by atoms with Gasteiger partial charge in [0.2, 0.25) is 5.91 Å². The Hall–Kier alpha value is -2.65. The van der Waals surface area contributed by atoms with Crippen LogP contribution in [0.15, 0.2) is 47.2 Å². The molecule has 8 nitrogen and oxygen atoms in total. The number of nitrogens with zero attached hydrogens (tertiary/aromatic N) is 4. The molecule has 0 aliphatic carbocycles. The van der Waals surface area contributed by atoms with Gasteiger partial charge in [-0.25, -0.2) is 9.48 Å². The number of halogens is 2. The third-order valence-corrected chi connectivity index (χ3v) is 4.66. The standard InChI is InChI=1S/C17H15BrClN5O3/c1-10(24-14(17(26)27)6-7-20-24)16(25)21-15-13(19)9-23(22-15)8-11-2-4-12(18)5-3-11/h2-7,9-10H,8H2,1H3,(H,26,27)(H,21,22,25). The fraction of sp³-hybridized carbons (Fsp3) is 0.176. The van der Waals surface area contributed by atoms with Crippen molar-refractivity contribution in [1.29, 1.82) is 0 Å². The predicted octanol–water partition coefficient (Wildman–Crippen LogP) is 3.44. The summed E-state index contributed by atoms with van der Waals surface area (Å²) >= 11 is 9.55. The van der Waals surface area contributed by atoms with Crippen LogP contribution in [0.25, 0.3) is 0 Å². The SMILES string of the molecule is CC(C(=O)Nc1nn(Cc2ccc(Br)cc2)cc1Cl)n1nccc1C(=O)O. The van der Waals surface area contributed by atoms with Crippen LogP contribution in [-0.2, 0) is 11.3 Å². The first-order chi connectivity index (χ1) is 12.8. The number of benzene rings is 1. The smallest absolute Gasteiger partial charge is 0.354 e. The first-order valence-corrected chi connectivity index (χ1v) is 9.07. The van der Waals surface area contributed by atoms with E-state index in [9.17, 15) is 9.59 Å². The molecular formula is C17H15BrClN5O3. The minimum absolute atomic E-state index is 0.0792. The minimum Gasteiger partial charge on any atom is -0.477 e. The molecule has 0 spiro atoms. The zero-order valence-corrected chi connectivity index (χ0v) is 16.5. The van der Waals surface area contributed by atoms with Crippen LogP contribution in [0.4, 0.5) is 5.82 Å². The van der Waals surface area contributed by atoms with Gasteiger partial charge in [-0.05, 0) is 30.7 Å². The van der Waals surface area contributed by atoms with Gasteiger partial charge in [-0.15, -0.1) is 0 Å². The molecule has 3 aromatic rings. The molecule has 0 aliphatic rings. The van der Waals surface area contributed by atoms with E-state index in [1.807, 2.05) is 24.3 Å². The molecule has 140 valence electrons. The monoisotopic (exact) mass is 451 g/mol. The second-order valence-electron chi connectivity index (χ2n) is 5.78. The number of aromatic nitrogens is 4. The first-order valence-electron chi connectivity index (χ1n) is 7.90. The molecule has 2 aromatic heterocycles. The lowest BCUT2D eigenvalue weighted by Crippen LogP contribution is -2.27. The predicted molar refractivity (Wildman–Crippen MR) is 103 cm³/mol. The van der Waals surface area contributed by atoms with Crippen molar-refractivity contribution in [2.45, 2.75) is 19.5 Å². The number of rotatable bonds is 6. The number of carbonyl (C=O) groups is 2. The molecular weight excluding hydrogens is 438 g/mol. The van der Waals surface area contributed by atoms with Crippen molar-refractivity contribution in [3.63, 3.8) is 0 Å². The second-order valence-corrected chi connectivity index (χ2v) is 7.10. The summed E-state index contributed by atoms with van der Waals surface area (Å²) in [5.74, 6) is -1.43. The van der Waals surface area contributed by atoms with Gasteiger partial charge >= 0.3 is 5.97 Å². The van der Waals surface area contributed by atoms with E-state index in [2.05, 4.69) is 31.4 Å². The molecule has 27 heavy (non-hydrogen) atoms. The molecule has 0 bridgehead atoms. The van der Waals surface area contributed by atoms with Crippen LogP contribution in [0.5, 0.6) is 0 Å². The normalized spacial score (nSPS) is 12.0. The third kappa shape index (κ3) is 4.37. The number of hydrogen-bond acceptors (Lipinski definition) is 4. The van der Waals surface area contributed by atoms with Crippen LogP contribution in [0.1, 0.15) is 29.0 Å². The van der Waals surface area contributed by atoms with Gasteiger partial charge in [-0.1, -0.05) is 39.7 Å². The summed E-state index contributed by atoms with van der Waals surface area (Å²) < 4.78 is 3.72. The quantitative estimate of drug-likeness (QED) is 0.596. The number of aromatic carboxylic acids is 1. The highest BCUT2D eigenvalue weighted by molar-refractivity contribution is 9.10. The first kappa shape index (κ1) is 19.1. The molecule has 0 radical (unpaired) electrons. The Morgan fingerprint density at radius 3 is 2.67 bits per heavy atom. The average Bonchev–Trinajstić information content (AvgIpc) is 3.23. The fourth-order valence-corrected chi connectivity index (χ4v) is 2.93. The van der Waals surface area contributed by atoms with Gasteiger partial charge in [0.05, 0.1) is 6.54 Å². The number of nitrogens with one attached hydrogen (secondary N) is 1. The van der Waals surface area contributed by atoms with Gasteiger partial charge in [0.1, 0.15) is 16.8 Å². The molecule has 1 amide bonds. The number of carboxylic acid groups (broad SMARTS) is 1. The van der Waals surface area contributed by atoms with Crippen molar-refractivity contribution in [3.8, 4) is 0 Å². The van der Waals surface area contributed by atoms with E-state index in [0.717, 1.165) is 14.7 Å². The highest BCUT2D eigenvalue weighted by Gasteiger charge is 2.23. The molecule has 0 aliphatic heterocycles. The lowest BCUT2D eigenvalue weighted by Gasteiger charge is -2.13. The van der Waals surface area contributed by atoms with Crippen molar-refractivity contribution in [2.75, 3.05) is 5.32 Å². The number of anilines is 1. The molecule has 2 heterocycles. The largest absolute Gasteiger partial charge is 0.477 e. The Kier molecular flexibility index (Phi) is 5.62. The van der Waals surface area contributed by atoms with E-state index in [-0.39, 0.29) is 16.5 Å². The number of amides is 1. The van der Waals surface area contributed by atoms with Crippen molar-refractivity contribution >= 4 is 45.2 Å². The van der Waals surface area contributed by atoms with Crippen LogP contribution in [-0.4, -0.2) is 36.5 Å². The highest BCUT2D eigenvalue weighted by Crippen LogP contribution is 2.22. The lowest BCUT2D eigenvalue weighted by molar-refractivity contribution is -0.119. The molecule has 0 fully saturated rings.